The first kappa shape index (κ1) is 12.5. The quantitative estimate of drug-likeness (QED) is 0.925. The van der Waals surface area contributed by atoms with E-state index in [9.17, 15) is 0 Å². The Bertz CT molecular complexity index is 542. The maximum Gasteiger partial charge on any atom is 0.180 e. The van der Waals surface area contributed by atoms with Crippen LogP contribution in [0.4, 0.5) is 5.13 Å². The van der Waals surface area contributed by atoms with Crippen LogP contribution in [0.1, 0.15) is 6.92 Å². The summed E-state index contributed by atoms with van der Waals surface area (Å²) in [5.41, 5.74) is 7.07. The Balaban J connectivity index is 2.46. The van der Waals surface area contributed by atoms with Gasteiger partial charge < -0.3 is 10.5 Å². The summed E-state index contributed by atoms with van der Waals surface area (Å²) in [5.74, 6) is 0.575. The van der Waals surface area contributed by atoms with Gasteiger partial charge in [-0.25, -0.2) is 4.98 Å². The van der Waals surface area contributed by atoms with Gasteiger partial charge in [0.1, 0.15) is 5.75 Å². The zero-order chi connectivity index (χ0) is 12.4. The highest BCUT2D eigenvalue weighted by Crippen LogP contribution is 2.37. The Hall–Kier alpha value is -0.970. The molecule has 0 bridgehead atoms. The molecule has 0 fully saturated rings. The van der Waals surface area contributed by atoms with Crippen molar-refractivity contribution in [3.63, 3.8) is 0 Å². The molecule has 2 rings (SSSR count). The Morgan fingerprint density at radius 1 is 1.35 bits per heavy atom. The van der Waals surface area contributed by atoms with E-state index in [1.807, 2.05) is 12.3 Å². The number of hydrogen-bond donors (Lipinski definition) is 1. The molecule has 0 amide bonds. The highest BCUT2D eigenvalue weighted by molar-refractivity contribution is 7.13. The summed E-state index contributed by atoms with van der Waals surface area (Å²) in [5, 5.41) is 3.40. The van der Waals surface area contributed by atoms with E-state index >= 15 is 0 Å². The highest BCUT2D eigenvalue weighted by atomic mass is 35.5. The zero-order valence-corrected chi connectivity index (χ0v) is 11.4. The van der Waals surface area contributed by atoms with Crippen molar-refractivity contribution in [1.29, 1.82) is 0 Å². The minimum Gasteiger partial charge on any atom is -0.492 e. The molecule has 3 nitrogen and oxygen atoms in total. The lowest BCUT2D eigenvalue weighted by Gasteiger charge is -2.08. The molecule has 0 unspecified atom stereocenters. The van der Waals surface area contributed by atoms with Gasteiger partial charge >= 0.3 is 0 Å². The molecule has 90 valence electrons. The van der Waals surface area contributed by atoms with Crippen molar-refractivity contribution in [2.75, 3.05) is 12.3 Å². The molecule has 0 aliphatic heterocycles. The predicted molar refractivity (Wildman–Crippen MR) is 73.2 cm³/mol. The number of hydrogen-bond acceptors (Lipinski definition) is 4. The normalized spacial score (nSPS) is 10.5. The van der Waals surface area contributed by atoms with Crippen LogP contribution < -0.4 is 10.5 Å². The van der Waals surface area contributed by atoms with E-state index in [0.29, 0.717) is 27.5 Å². The van der Waals surface area contributed by atoms with Crippen LogP contribution in [0, 0.1) is 0 Å². The monoisotopic (exact) mass is 288 g/mol. The van der Waals surface area contributed by atoms with E-state index in [2.05, 4.69) is 4.98 Å². The average Bonchev–Trinajstić information content (AvgIpc) is 2.70. The maximum absolute atomic E-state index is 6.17. The third-order valence-corrected chi connectivity index (χ3v) is 3.40. The number of rotatable bonds is 3. The predicted octanol–water partition coefficient (Wildman–Crippen LogP) is 4.10. The molecular weight excluding hydrogens is 279 g/mol. The number of nitrogen functional groups attached to an aromatic ring is 1. The molecule has 0 saturated heterocycles. The van der Waals surface area contributed by atoms with Crippen LogP contribution >= 0.6 is 34.5 Å². The summed E-state index contributed by atoms with van der Waals surface area (Å²) in [6.45, 7) is 2.43. The minimum atomic E-state index is 0.501. The number of thiazole rings is 1. The van der Waals surface area contributed by atoms with E-state index in [1.165, 1.54) is 11.3 Å². The molecule has 0 aliphatic rings. The molecule has 0 atom stereocenters. The number of aromatic nitrogens is 1. The Morgan fingerprint density at radius 2 is 2.12 bits per heavy atom. The largest absolute Gasteiger partial charge is 0.492 e. The van der Waals surface area contributed by atoms with E-state index in [-0.39, 0.29) is 0 Å². The van der Waals surface area contributed by atoms with Gasteiger partial charge in [0.05, 0.1) is 22.3 Å². The molecule has 0 radical (unpaired) electrons. The van der Waals surface area contributed by atoms with Crippen molar-refractivity contribution in [2.24, 2.45) is 0 Å². The van der Waals surface area contributed by atoms with Gasteiger partial charge in [-0.3, -0.25) is 0 Å². The van der Waals surface area contributed by atoms with Gasteiger partial charge in [-0.1, -0.05) is 23.2 Å². The molecule has 0 aliphatic carbocycles. The van der Waals surface area contributed by atoms with E-state index in [4.69, 9.17) is 33.7 Å². The molecule has 2 aromatic rings. The van der Waals surface area contributed by atoms with Crippen LogP contribution in [0.15, 0.2) is 17.5 Å². The molecule has 2 N–H and O–H groups in total. The number of ether oxygens (including phenoxy) is 1. The molecule has 1 aromatic heterocycles. The first-order valence-electron chi connectivity index (χ1n) is 4.95. The lowest BCUT2D eigenvalue weighted by Crippen LogP contribution is -1.93. The second kappa shape index (κ2) is 5.12. The van der Waals surface area contributed by atoms with Gasteiger partial charge in [-0.2, -0.15) is 0 Å². The number of nitrogens with two attached hydrogens (primary N) is 1. The van der Waals surface area contributed by atoms with Gasteiger partial charge in [-0.05, 0) is 13.0 Å². The number of nitrogens with zero attached hydrogens (tertiary/aromatic N) is 1. The molecule has 0 saturated carbocycles. The standard InChI is InChI=1S/C11H10Cl2N2OS/c1-2-16-10-4-7(12)6(3-8(10)13)9-5-17-11(14)15-9/h3-5H,2H2,1H3,(H2,14,15). The molecular formula is C11H10Cl2N2OS. The fourth-order valence-corrected chi connectivity index (χ4v) is 2.43. The average molecular weight is 289 g/mol. The Morgan fingerprint density at radius 3 is 2.71 bits per heavy atom. The van der Waals surface area contributed by atoms with E-state index < -0.39 is 0 Å². The lowest BCUT2D eigenvalue weighted by molar-refractivity contribution is 0.340. The summed E-state index contributed by atoms with van der Waals surface area (Å²) in [7, 11) is 0. The van der Waals surface area contributed by atoms with E-state index in [0.717, 1.165) is 11.3 Å². The van der Waals surface area contributed by atoms with Crippen molar-refractivity contribution in [1.82, 2.24) is 4.98 Å². The summed E-state index contributed by atoms with van der Waals surface area (Å²) in [4.78, 5) is 4.17. The number of halogens is 2. The van der Waals surface area contributed by atoms with E-state index in [1.54, 1.807) is 12.1 Å². The Labute approximate surface area is 113 Å². The topological polar surface area (TPSA) is 48.1 Å². The zero-order valence-electron chi connectivity index (χ0n) is 9.04. The molecule has 1 aromatic carbocycles. The maximum atomic E-state index is 6.17. The van der Waals surface area contributed by atoms with Gasteiger partial charge in [0.25, 0.3) is 0 Å². The number of benzene rings is 1. The minimum absolute atomic E-state index is 0.501. The van der Waals surface area contributed by atoms with Crippen LogP contribution in [-0.2, 0) is 0 Å². The first-order chi connectivity index (χ1) is 8.11. The fourth-order valence-electron chi connectivity index (χ4n) is 1.40. The highest BCUT2D eigenvalue weighted by Gasteiger charge is 2.12. The van der Waals surface area contributed by atoms with Crippen LogP contribution in [0.25, 0.3) is 11.3 Å². The Kier molecular flexibility index (Phi) is 3.76. The molecule has 0 spiro atoms. The molecule has 17 heavy (non-hydrogen) atoms. The van der Waals surface area contributed by atoms with Crippen molar-refractivity contribution in [2.45, 2.75) is 6.92 Å². The summed E-state index contributed by atoms with van der Waals surface area (Å²) < 4.78 is 5.35. The van der Waals surface area contributed by atoms with Crippen molar-refractivity contribution in [3.05, 3.63) is 27.6 Å². The second-order valence-electron chi connectivity index (χ2n) is 3.27. The van der Waals surface area contributed by atoms with Crippen molar-refractivity contribution >= 4 is 39.7 Å². The third-order valence-electron chi connectivity index (χ3n) is 2.12. The van der Waals surface area contributed by atoms with Crippen molar-refractivity contribution < 1.29 is 4.74 Å². The van der Waals surface area contributed by atoms with Gasteiger partial charge in [0.15, 0.2) is 5.13 Å². The summed E-state index contributed by atoms with van der Waals surface area (Å²) in [6.07, 6.45) is 0. The summed E-state index contributed by atoms with van der Waals surface area (Å²) >= 11 is 13.6. The fraction of sp³-hybridized carbons (Fsp3) is 0.182. The smallest absolute Gasteiger partial charge is 0.180 e. The van der Waals surface area contributed by atoms with Crippen LogP contribution in [0.2, 0.25) is 10.0 Å². The van der Waals surface area contributed by atoms with Crippen molar-refractivity contribution in [3.8, 4) is 17.0 Å². The SMILES string of the molecule is CCOc1cc(Cl)c(-c2csc(N)n2)cc1Cl. The lowest BCUT2D eigenvalue weighted by atomic mass is 10.1. The van der Waals surface area contributed by atoms with Gasteiger partial charge in [0.2, 0.25) is 0 Å². The first-order valence-corrected chi connectivity index (χ1v) is 6.58. The van der Waals surface area contributed by atoms with Gasteiger partial charge in [0, 0.05) is 17.0 Å². The molecule has 1 heterocycles. The van der Waals surface area contributed by atoms with Crippen LogP contribution in [0.5, 0.6) is 5.75 Å². The summed E-state index contributed by atoms with van der Waals surface area (Å²) in [6, 6.07) is 3.43. The number of anilines is 1. The third kappa shape index (κ3) is 2.65. The van der Waals surface area contributed by atoms with Crippen LogP contribution in [-0.4, -0.2) is 11.6 Å². The van der Waals surface area contributed by atoms with Gasteiger partial charge in [-0.15, -0.1) is 11.3 Å². The second-order valence-corrected chi connectivity index (χ2v) is 4.97. The molecule has 6 heteroatoms. The van der Waals surface area contributed by atoms with Crippen LogP contribution in [0.3, 0.4) is 0 Å².